The van der Waals surface area contributed by atoms with Crippen molar-refractivity contribution in [2.24, 2.45) is 5.73 Å². The molecular formula is C12H23F3N2O. The Morgan fingerprint density at radius 1 is 1.28 bits per heavy atom. The van der Waals surface area contributed by atoms with Gasteiger partial charge in [0, 0.05) is 19.0 Å². The van der Waals surface area contributed by atoms with E-state index in [0.717, 1.165) is 17.7 Å². The molecular weight excluding hydrogens is 245 g/mol. The van der Waals surface area contributed by atoms with Gasteiger partial charge in [0.05, 0.1) is 0 Å². The van der Waals surface area contributed by atoms with E-state index in [9.17, 15) is 18.0 Å². The molecule has 0 fully saturated rings. The third kappa shape index (κ3) is 8.33. The van der Waals surface area contributed by atoms with Gasteiger partial charge < -0.3 is 10.6 Å². The fourth-order valence-electron chi connectivity index (χ4n) is 1.68. The SMILES string of the molecule is CCCCN(CC(F)(F)F)C(=O)CC(N)CCC. The molecule has 0 aliphatic rings. The van der Waals surface area contributed by atoms with Gasteiger partial charge in [-0.25, -0.2) is 0 Å². The predicted molar refractivity (Wildman–Crippen MR) is 65.0 cm³/mol. The van der Waals surface area contributed by atoms with Crippen LogP contribution in [0.25, 0.3) is 0 Å². The van der Waals surface area contributed by atoms with Crippen molar-refractivity contribution in [3.05, 3.63) is 0 Å². The van der Waals surface area contributed by atoms with E-state index in [1.165, 1.54) is 0 Å². The number of carbonyl (C=O) groups excluding carboxylic acids is 1. The quantitative estimate of drug-likeness (QED) is 0.735. The molecule has 0 saturated carbocycles. The average molecular weight is 268 g/mol. The van der Waals surface area contributed by atoms with E-state index in [0.29, 0.717) is 12.8 Å². The van der Waals surface area contributed by atoms with Gasteiger partial charge in [0.15, 0.2) is 0 Å². The van der Waals surface area contributed by atoms with Crippen LogP contribution in [0, 0.1) is 0 Å². The second-order valence-electron chi connectivity index (χ2n) is 4.54. The standard InChI is InChI=1S/C12H23F3N2O/c1-3-5-7-17(9-12(13,14)15)11(18)8-10(16)6-4-2/h10H,3-9,16H2,1-2H3. The van der Waals surface area contributed by atoms with Crippen LogP contribution in [0.2, 0.25) is 0 Å². The zero-order chi connectivity index (χ0) is 14.2. The number of rotatable bonds is 8. The Morgan fingerprint density at radius 2 is 1.89 bits per heavy atom. The Morgan fingerprint density at radius 3 is 2.33 bits per heavy atom. The summed E-state index contributed by atoms with van der Waals surface area (Å²) >= 11 is 0. The van der Waals surface area contributed by atoms with Crippen LogP contribution >= 0.6 is 0 Å². The molecule has 0 rings (SSSR count). The smallest absolute Gasteiger partial charge is 0.334 e. The molecule has 1 unspecified atom stereocenters. The van der Waals surface area contributed by atoms with Crippen LogP contribution in [-0.4, -0.2) is 36.1 Å². The van der Waals surface area contributed by atoms with Crippen molar-refractivity contribution in [3.8, 4) is 0 Å². The second-order valence-corrected chi connectivity index (χ2v) is 4.54. The molecule has 1 amide bonds. The van der Waals surface area contributed by atoms with Crippen molar-refractivity contribution in [2.45, 2.75) is 58.2 Å². The first-order valence-electron chi connectivity index (χ1n) is 6.40. The zero-order valence-corrected chi connectivity index (χ0v) is 11.1. The van der Waals surface area contributed by atoms with E-state index < -0.39 is 18.6 Å². The Labute approximate surface area is 107 Å². The summed E-state index contributed by atoms with van der Waals surface area (Å²) in [5, 5.41) is 0. The van der Waals surface area contributed by atoms with Gasteiger partial charge in [-0.15, -0.1) is 0 Å². The summed E-state index contributed by atoms with van der Waals surface area (Å²) in [5.41, 5.74) is 5.69. The van der Waals surface area contributed by atoms with Crippen LogP contribution in [0.5, 0.6) is 0 Å². The molecule has 3 nitrogen and oxygen atoms in total. The predicted octanol–water partition coefficient (Wildman–Crippen LogP) is 2.69. The molecule has 1 atom stereocenters. The number of alkyl halides is 3. The van der Waals surface area contributed by atoms with Gasteiger partial charge in [0.1, 0.15) is 6.54 Å². The number of hydrogen-bond acceptors (Lipinski definition) is 2. The number of hydrogen-bond donors (Lipinski definition) is 1. The van der Waals surface area contributed by atoms with Gasteiger partial charge in [-0.3, -0.25) is 4.79 Å². The third-order valence-electron chi connectivity index (χ3n) is 2.60. The summed E-state index contributed by atoms with van der Waals surface area (Å²) in [7, 11) is 0. The Balaban J connectivity index is 4.39. The van der Waals surface area contributed by atoms with Crippen LogP contribution in [0.3, 0.4) is 0 Å². The van der Waals surface area contributed by atoms with Crippen molar-refractivity contribution < 1.29 is 18.0 Å². The Kier molecular flexibility index (Phi) is 7.98. The number of nitrogens with two attached hydrogens (primary N) is 1. The maximum absolute atomic E-state index is 12.4. The van der Waals surface area contributed by atoms with Crippen LogP contribution in [-0.2, 0) is 4.79 Å². The van der Waals surface area contributed by atoms with Gasteiger partial charge in [-0.1, -0.05) is 26.7 Å². The molecule has 6 heteroatoms. The highest BCUT2D eigenvalue weighted by molar-refractivity contribution is 5.76. The highest BCUT2D eigenvalue weighted by Gasteiger charge is 2.32. The van der Waals surface area contributed by atoms with Crippen molar-refractivity contribution in [1.82, 2.24) is 4.90 Å². The minimum atomic E-state index is -4.35. The number of halogens is 3. The number of carbonyl (C=O) groups is 1. The molecule has 0 aliphatic carbocycles. The first-order valence-corrected chi connectivity index (χ1v) is 6.40. The molecule has 0 aromatic heterocycles. The maximum atomic E-state index is 12.4. The van der Waals surface area contributed by atoms with E-state index >= 15 is 0 Å². The van der Waals surface area contributed by atoms with Crippen LogP contribution in [0.15, 0.2) is 0 Å². The zero-order valence-electron chi connectivity index (χ0n) is 11.1. The van der Waals surface area contributed by atoms with E-state index in [1.807, 2.05) is 13.8 Å². The largest absolute Gasteiger partial charge is 0.406 e. The lowest BCUT2D eigenvalue weighted by atomic mass is 10.1. The highest BCUT2D eigenvalue weighted by Crippen LogP contribution is 2.18. The van der Waals surface area contributed by atoms with E-state index in [-0.39, 0.29) is 19.0 Å². The monoisotopic (exact) mass is 268 g/mol. The molecule has 108 valence electrons. The molecule has 0 aromatic rings. The van der Waals surface area contributed by atoms with E-state index in [4.69, 9.17) is 5.73 Å². The van der Waals surface area contributed by atoms with Crippen molar-refractivity contribution in [1.29, 1.82) is 0 Å². The number of unbranched alkanes of at least 4 members (excludes halogenated alkanes) is 1. The van der Waals surface area contributed by atoms with E-state index in [1.54, 1.807) is 0 Å². The van der Waals surface area contributed by atoms with Gasteiger partial charge in [0.25, 0.3) is 0 Å². The molecule has 18 heavy (non-hydrogen) atoms. The fraction of sp³-hybridized carbons (Fsp3) is 0.917. The minimum absolute atomic E-state index is 0.00632. The van der Waals surface area contributed by atoms with Gasteiger partial charge >= 0.3 is 6.18 Å². The Bertz CT molecular complexity index is 244. The molecule has 0 bridgehead atoms. The number of nitrogens with zero attached hydrogens (tertiary/aromatic N) is 1. The first kappa shape index (κ1) is 17.2. The summed E-state index contributed by atoms with van der Waals surface area (Å²) in [6.07, 6.45) is -1.55. The van der Waals surface area contributed by atoms with E-state index in [2.05, 4.69) is 0 Å². The van der Waals surface area contributed by atoms with Crippen LogP contribution < -0.4 is 5.73 Å². The van der Waals surface area contributed by atoms with Crippen molar-refractivity contribution >= 4 is 5.91 Å². The number of amides is 1. The first-order chi connectivity index (χ1) is 8.30. The van der Waals surface area contributed by atoms with Crippen LogP contribution in [0.4, 0.5) is 13.2 Å². The summed E-state index contributed by atoms with van der Waals surface area (Å²) in [5.74, 6) is -0.498. The molecule has 0 aromatic carbocycles. The molecule has 0 heterocycles. The summed E-state index contributed by atoms with van der Waals surface area (Å²) in [6.45, 7) is 2.77. The normalized spacial score (nSPS) is 13.4. The van der Waals surface area contributed by atoms with Crippen molar-refractivity contribution in [2.75, 3.05) is 13.1 Å². The minimum Gasteiger partial charge on any atom is -0.334 e. The van der Waals surface area contributed by atoms with Gasteiger partial charge in [0.2, 0.25) is 5.91 Å². The molecule has 0 aliphatic heterocycles. The fourth-order valence-corrected chi connectivity index (χ4v) is 1.68. The summed E-state index contributed by atoms with van der Waals surface area (Å²) in [6, 6.07) is -0.347. The van der Waals surface area contributed by atoms with Gasteiger partial charge in [-0.2, -0.15) is 13.2 Å². The lowest BCUT2D eigenvalue weighted by molar-refractivity contribution is -0.161. The maximum Gasteiger partial charge on any atom is 0.406 e. The van der Waals surface area contributed by atoms with Crippen molar-refractivity contribution in [3.63, 3.8) is 0 Å². The highest BCUT2D eigenvalue weighted by atomic mass is 19.4. The topological polar surface area (TPSA) is 46.3 Å². The Hall–Kier alpha value is -0.780. The molecule has 0 spiro atoms. The molecule has 0 saturated heterocycles. The average Bonchev–Trinajstić information content (AvgIpc) is 2.22. The lowest BCUT2D eigenvalue weighted by Crippen LogP contribution is -2.42. The summed E-state index contributed by atoms with van der Waals surface area (Å²) in [4.78, 5) is 12.6. The summed E-state index contributed by atoms with van der Waals surface area (Å²) < 4.78 is 37.1. The van der Waals surface area contributed by atoms with Crippen LogP contribution in [0.1, 0.15) is 46.0 Å². The lowest BCUT2D eigenvalue weighted by Gasteiger charge is -2.25. The third-order valence-corrected chi connectivity index (χ3v) is 2.60. The molecule has 0 radical (unpaired) electrons. The van der Waals surface area contributed by atoms with Gasteiger partial charge in [-0.05, 0) is 12.8 Å². The second kappa shape index (κ2) is 8.34. The molecule has 2 N–H and O–H groups in total.